The number of nitrogens with one attached hydrogen (secondary N) is 1. The summed E-state index contributed by atoms with van der Waals surface area (Å²) in [6.45, 7) is 3.32. The maximum Gasteiger partial charge on any atom is 0.276 e. The summed E-state index contributed by atoms with van der Waals surface area (Å²) in [4.78, 5) is 44.0. The van der Waals surface area contributed by atoms with Gasteiger partial charge >= 0.3 is 0 Å². The molecule has 0 aliphatic carbocycles. The highest BCUT2D eigenvalue weighted by Crippen LogP contribution is 2.24. The Kier molecular flexibility index (Phi) is 9.92. The van der Waals surface area contributed by atoms with Crippen molar-refractivity contribution in [2.75, 3.05) is 27.7 Å². The van der Waals surface area contributed by atoms with Crippen LogP contribution in [0.5, 0.6) is 5.88 Å². The van der Waals surface area contributed by atoms with Gasteiger partial charge in [0, 0.05) is 44.9 Å². The number of carbonyl (C=O) groups excluding carboxylic acids is 2. The van der Waals surface area contributed by atoms with Crippen LogP contribution < -0.4 is 15.6 Å². The van der Waals surface area contributed by atoms with Crippen LogP contribution >= 0.6 is 15.9 Å². The van der Waals surface area contributed by atoms with Gasteiger partial charge in [0.15, 0.2) is 0 Å². The quantitative estimate of drug-likeness (QED) is 0.378. The molecule has 2 aromatic carbocycles. The zero-order chi connectivity index (χ0) is 28.9. The van der Waals surface area contributed by atoms with Gasteiger partial charge in [0.25, 0.3) is 17.4 Å². The zero-order valence-corrected chi connectivity index (χ0v) is 23.8. The summed E-state index contributed by atoms with van der Waals surface area (Å²) in [5.74, 6) is -1.86. The number of halogens is 3. The average Bonchev–Trinajstić information content (AvgIpc) is 2.89. The van der Waals surface area contributed by atoms with Crippen LogP contribution in [0.1, 0.15) is 33.7 Å². The Hall–Kier alpha value is -3.64. The van der Waals surface area contributed by atoms with Gasteiger partial charge in [0.2, 0.25) is 5.88 Å². The monoisotopic (exact) mass is 606 g/mol. The average molecular weight is 607 g/mol. The van der Waals surface area contributed by atoms with E-state index < -0.39 is 23.3 Å². The first-order chi connectivity index (χ1) is 18.4. The Balaban J connectivity index is 1.81. The molecule has 0 bridgehead atoms. The molecule has 0 radical (unpaired) electrons. The number of aryl methyl sites for hydroxylation is 2. The number of carbonyl (C=O) groups is 2. The highest BCUT2D eigenvalue weighted by molar-refractivity contribution is 9.10. The second kappa shape index (κ2) is 12.9. The molecule has 9 nitrogen and oxygen atoms in total. The van der Waals surface area contributed by atoms with Crippen molar-refractivity contribution >= 4 is 27.7 Å². The van der Waals surface area contributed by atoms with Crippen molar-refractivity contribution in [1.82, 2.24) is 19.8 Å². The van der Waals surface area contributed by atoms with E-state index in [4.69, 9.17) is 9.47 Å². The minimum atomic E-state index is -0.774. The standard InChI is InChI=1S/C27H29BrF2N4O5/c1-15-6-7-17(24(35)31-11-10-22(38-5)26(36)33(3)4)12-21(15)34-16(2)32-25(23(28)27(34)37)39-14-18-8-9-19(29)13-20(18)30/h6-9,12-13,22H,10-11,14H2,1-5H3,(H,31,35)/t22-/m0/s1. The molecule has 0 aliphatic rings. The highest BCUT2D eigenvalue weighted by atomic mass is 79.9. The van der Waals surface area contributed by atoms with E-state index in [1.807, 2.05) is 0 Å². The number of amides is 2. The van der Waals surface area contributed by atoms with Gasteiger partial charge in [0.1, 0.15) is 34.6 Å². The molecule has 0 saturated carbocycles. The minimum absolute atomic E-state index is 0.000964. The van der Waals surface area contributed by atoms with Crippen molar-refractivity contribution < 1.29 is 27.8 Å². The number of methoxy groups -OCH3 is 1. The van der Waals surface area contributed by atoms with Crippen LogP contribution in [-0.4, -0.2) is 60.1 Å². The van der Waals surface area contributed by atoms with Crippen molar-refractivity contribution in [2.45, 2.75) is 33.0 Å². The molecule has 12 heteroatoms. The molecule has 1 heterocycles. The molecule has 0 fully saturated rings. The predicted molar refractivity (Wildman–Crippen MR) is 144 cm³/mol. The molecule has 3 rings (SSSR count). The molecular formula is C27H29BrF2N4O5. The second-order valence-electron chi connectivity index (χ2n) is 8.95. The number of hydrogen-bond donors (Lipinski definition) is 1. The largest absolute Gasteiger partial charge is 0.472 e. The van der Waals surface area contributed by atoms with E-state index in [9.17, 15) is 23.2 Å². The maximum atomic E-state index is 14.0. The van der Waals surface area contributed by atoms with Crippen LogP contribution in [0.25, 0.3) is 5.69 Å². The highest BCUT2D eigenvalue weighted by Gasteiger charge is 2.21. The van der Waals surface area contributed by atoms with E-state index in [2.05, 4.69) is 26.2 Å². The number of ether oxygens (including phenoxy) is 2. The Morgan fingerprint density at radius 2 is 1.87 bits per heavy atom. The lowest BCUT2D eigenvalue weighted by Crippen LogP contribution is -2.37. The van der Waals surface area contributed by atoms with Gasteiger partial charge in [-0.3, -0.25) is 19.0 Å². The SMILES string of the molecule is CO[C@@H](CCNC(=O)c1ccc(C)c(-n2c(C)nc(OCc3ccc(F)cc3F)c(Br)c2=O)c1)C(=O)N(C)C. The lowest BCUT2D eigenvalue weighted by atomic mass is 10.1. The molecule has 1 N–H and O–H groups in total. The molecule has 2 amide bonds. The van der Waals surface area contributed by atoms with Gasteiger partial charge in [0.05, 0.1) is 5.69 Å². The van der Waals surface area contributed by atoms with E-state index in [1.54, 1.807) is 46.1 Å². The summed E-state index contributed by atoms with van der Waals surface area (Å²) in [6, 6.07) is 8.01. The number of rotatable bonds is 10. The topological polar surface area (TPSA) is 103 Å². The third-order valence-corrected chi connectivity index (χ3v) is 6.63. The summed E-state index contributed by atoms with van der Waals surface area (Å²) in [6.07, 6.45) is -0.393. The van der Waals surface area contributed by atoms with Gasteiger partial charge in [-0.15, -0.1) is 0 Å². The van der Waals surface area contributed by atoms with Gasteiger partial charge in [-0.2, -0.15) is 4.98 Å². The Morgan fingerprint density at radius 1 is 1.15 bits per heavy atom. The normalized spacial score (nSPS) is 11.7. The molecule has 1 atom stereocenters. The van der Waals surface area contributed by atoms with Crippen LogP contribution in [0, 0.1) is 25.5 Å². The minimum Gasteiger partial charge on any atom is -0.472 e. The third-order valence-electron chi connectivity index (χ3n) is 5.95. The van der Waals surface area contributed by atoms with E-state index in [0.29, 0.717) is 16.8 Å². The van der Waals surface area contributed by atoms with Gasteiger partial charge in [-0.05, 0) is 66.0 Å². The summed E-state index contributed by atoms with van der Waals surface area (Å²) in [7, 11) is 4.69. The van der Waals surface area contributed by atoms with Gasteiger partial charge in [-0.1, -0.05) is 6.07 Å². The van der Waals surface area contributed by atoms with Crippen LogP contribution in [0.3, 0.4) is 0 Å². The van der Waals surface area contributed by atoms with Gasteiger partial charge in [-0.25, -0.2) is 8.78 Å². The third kappa shape index (κ3) is 7.07. The van der Waals surface area contributed by atoms with Crippen LogP contribution in [0.4, 0.5) is 8.78 Å². The lowest BCUT2D eigenvalue weighted by Gasteiger charge is -2.19. The van der Waals surface area contributed by atoms with Crippen LogP contribution in [-0.2, 0) is 16.1 Å². The predicted octanol–water partition coefficient (Wildman–Crippen LogP) is 3.69. The molecule has 39 heavy (non-hydrogen) atoms. The second-order valence-corrected chi connectivity index (χ2v) is 9.74. The van der Waals surface area contributed by atoms with Crippen molar-refractivity contribution in [3.05, 3.63) is 85.4 Å². The summed E-state index contributed by atoms with van der Waals surface area (Å²) < 4.78 is 39.3. The number of hydrogen-bond acceptors (Lipinski definition) is 6. The van der Waals surface area contributed by atoms with E-state index in [-0.39, 0.29) is 53.1 Å². The molecule has 1 aromatic heterocycles. The molecule has 0 unspecified atom stereocenters. The van der Waals surface area contributed by atoms with E-state index in [1.165, 1.54) is 22.6 Å². The number of benzene rings is 2. The first-order valence-electron chi connectivity index (χ1n) is 11.9. The van der Waals surface area contributed by atoms with E-state index in [0.717, 1.165) is 12.1 Å². The van der Waals surface area contributed by atoms with Crippen molar-refractivity contribution in [2.24, 2.45) is 0 Å². The number of likely N-dealkylation sites (N-methyl/N-ethyl adjacent to an activating group) is 1. The number of nitrogens with zero attached hydrogens (tertiary/aromatic N) is 3. The van der Waals surface area contributed by atoms with Crippen molar-refractivity contribution in [3.63, 3.8) is 0 Å². The molecule has 0 saturated heterocycles. The summed E-state index contributed by atoms with van der Waals surface area (Å²) in [5, 5.41) is 2.77. The molecule has 0 aliphatic heterocycles. The molecule has 3 aromatic rings. The fraction of sp³-hybridized carbons (Fsp3) is 0.333. The fourth-order valence-corrected chi connectivity index (χ4v) is 4.17. The Morgan fingerprint density at radius 3 is 2.51 bits per heavy atom. The lowest BCUT2D eigenvalue weighted by molar-refractivity contribution is -0.139. The maximum absolute atomic E-state index is 14.0. The van der Waals surface area contributed by atoms with Gasteiger partial charge < -0.3 is 19.7 Å². The Labute approximate surface area is 232 Å². The first kappa shape index (κ1) is 29.9. The van der Waals surface area contributed by atoms with Crippen molar-refractivity contribution in [1.29, 1.82) is 0 Å². The fourth-order valence-electron chi connectivity index (χ4n) is 3.79. The van der Waals surface area contributed by atoms with Crippen molar-refractivity contribution in [3.8, 4) is 11.6 Å². The van der Waals surface area contributed by atoms with Crippen LogP contribution in [0.15, 0.2) is 45.7 Å². The smallest absolute Gasteiger partial charge is 0.276 e. The molecular weight excluding hydrogens is 578 g/mol. The summed E-state index contributed by atoms with van der Waals surface area (Å²) >= 11 is 3.22. The zero-order valence-electron chi connectivity index (χ0n) is 22.2. The number of aromatic nitrogens is 2. The Bertz CT molecular complexity index is 1440. The van der Waals surface area contributed by atoms with E-state index >= 15 is 0 Å². The summed E-state index contributed by atoms with van der Waals surface area (Å²) in [5.41, 5.74) is 1.06. The first-order valence-corrected chi connectivity index (χ1v) is 12.7. The molecule has 0 spiro atoms. The molecule has 208 valence electrons. The van der Waals surface area contributed by atoms with Crippen LogP contribution in [0.2, 0.25) is 0 Å².